The number of anilines is 1. The third-order valence-electron chi connectivity index (χ3n) is 3.49. The second-order valence-corrected chi connectivity index (χ2v) is 6.17. The molecule has 2 aromatic rings. The molecule has 2 heterocycles. The van der Waals surface area contributed by atoms with Gasteiger partial charge in [-0.2, -0.15) is 16.7 Å². The third kappa shape index (κ3) is 3.48. The SMILES string of the molecule is CN1CCSCC1c1noc(CNc2ccc(O)cc2)n1. The van der Waals surface area contributed by atoms with Crippen molar-refractivity contribution in [2.24, 2.45) is 0 Å². The van der Waals surface area contributed by atoms with Gasteiger partial charge < -0.3 is 14.9 Å². The molecule has 0 aliphatic carbocycles. The number of phenols is 1. The van der Waals surface area contributed by atoms with Gasteiger partial charge in [-0.25, -0.2) is 0 Å². The first-order valence-corrected chi connectivity index (χ1v) is 8.01. The Balaban J connectivity index is 1.61. The van der Waals surface area contributed by atoms with Crippen LogP contribution in [0.2, 0.25) is 0 Å². The van der Waals surface area contributed by atoms with E-state index in [0.29, 0.717) is 12.4 Å². The van der Waals surface area contributed by atoms with E-state index in [9.17, 15) is 5.11 Å². The maximum atomic E-state index is 9.24. The van der Waals surface area contributed by atoms with E-state index >= 15 is 0 Å². The fraction of sp³-hybridized carbons (Fsp3) is 0.429. The maximum Gasteiger partial charge on any atom is 0.245 e. The zero-order chi connectivity index (χ0) is 14.7. The molecule has 1 aromatic carbocycles. The van der Waals surface area contributed by atoms with Crippen LogP contribution in [0.1, 0.15) is 17.8 Å². The summed E-state index contributed by atoms with van der Waals surface area (Å²) >= 11 is 1.92. The summed E-state index contributed by atoms with van der Waals surface area (Å²) in [6.07, 6.45) is 0. The molecule has 7 heteroatoms. The molecule has 112 valence electrons. The summed E-state index contributed by atoms with van der Waals surface area (Å²) in [6, 6.07) is 7.11. The number of hydrogen-bond donors (Lipinski definition) is 2. The number of nitrogens with zero attached hydrogens (tertiary/aromatic N) is 3. The largest absolute Gasteiger partial charge is 0.508 e. The van der Waals surface area contributed by atoms with Crippen molar-refractivity contribution < 1.29 is 9.63 Å². The van der Waals surface area contributed by atoms with Crippen molar-refractivity contribution >= 4 is 17.4 Å². The van der Waals surface area contributed by atoms with Gasteiger partial charge in [0.25, 0.3) is 0 Å². The Hall–Kier alpha value is -1.73. The molecule has 1 atom stereocenters. The summed E-state index contributed by atoms with van der Waals surface area (Å²) in [7, 11) is 2.09. The first kappa shape index (κ1) is 14.2. The smallest absolute Gasteiger partial charge is 0.245 e. The third-order valence-corrected chi connectivity index (χ3v) is 4.51. The Morgan fingerprint density at radius 2 is 2.24 bits per heavy atom. The normalized spacial score (nSPS) is 19.6. The fourth-order valence-electron chi connectivity index (χ4n) is 2.19. The van der Waals surface area contributed by atoms with Gasteiger partial charge in [0.05, 0.1) is 12.6 Å². The van der Waals surface area contributed by atoms with Crippen LogP contribution in [-0.2, 0) is 6.54 Å². The Morgan fingerprint density at radius 3 is 3.00 bits per heavy atom. The minimum atomic E-state index is 0.231. The molecule has 1 unspecified atom stereocenters. The lowest BCUT2D eigenvalue weighted by Crippen LogP contribution is -2.33. The lowest BCUT2D eigenvalue weighted by molar-refractivity contribution is 0.256. The zero-order valence-electron chi connectivity index (χ0n) is 11.8. The highest BCUT2D eigenvalue weighted by Crippen LogP contribution is 2.26. The second-order valence-electron chi connectivity index (χ2n) is 5.02. The quantitative estimate of drug-likeness (QED) is 0.838. The fourth-order valence-corrected chi connectivity index (χ4v) is 3.40. The summed E-state index contributed by atoms with van der Waals surface area (Å²) in [5.74, 6) is 3.73. The van der Waals surface area contributed by atoms with Crippen molar-refractivity contribution in [1.82, 2.24) is 15.0 Å². The van der Waals surface area contributed by atoms with Crippen LogP contribution >= 0.6 is 11.8 Å². The van der Waals surface area contributed by atoms with E-state index in [1.807, 2.05) is 11.8 Å². The van der Waals surface area contributed by atoms with Crippen LogP contribution < -0.4 is 5.32 Å². The molecule has 0 amide bonds. The van der Waals surface area contributed by atoms with Crippen LogP contribution in [0.3, 0.4) is 0 Å². The number of benzene rings is 1. The Labute approximate surface area is 127 Å². The topological polar surface area (TPSA) is 74.4 Å². The van der Waals surface area contributed by atoms with Gasteiger partial charge in [0.1, 0.15) is 5.75 Å². The first-order chi connectivity index (χ1) is 10.2. The van der Waals surface area contributed by atoms with Crippen LogP contribution in [0, 0.1) is 0 Å². The number of aromatic hydroxyl groups is 1. The predicted octanol–water partition coefficient (Wildman–Crippen LogP) is 2.11. The number of thioether (sulfide) groups is 1. The molecule has 1 saturated heterocycles. The van der Waals surface area contributed by atoms with Crippen LogP contribution in [0.25, 0.3) is 0 Å². The Bertz CT molecular complexity index is 587. The molecule has 0 bridgehead atoms. The summed E-state index contributed by atoms with van der Waals surface area (Å²) in [5, 5.41) is 16.5. The summed E-state index contributed by atoms with van der Waals surface area (Å²) in [6.45, 7) is 1.52. The van der Waals surface area contributed by atoms with Gasteiger partial charge in [0, 0.05) is 23.7 Å². The molecular weight excluding hydrogens is 288 g/mol. The molecule has 6 nitrogen and oxygen atoms in total. The minimum absolute atomic E-state index is 0.231. The van der Waals surface area contributed by atoms with Crippen LogP contribution in [0.4, 0.5) is 5.69 Å². The lowest BCUT2D eigenvalue weighted by atomic mass is 10.3. The van der Waals surface area contributed by atoms with Gasteiger partial charge in [0.15, 0.2) is 5.82 Å². The van der Waals surface area contributed by atoms with Crippen molar-refractivity contribution in [2.75, 3.05) is 30.4 Å². The van der Waals surface area contributed by atoms with Crippen LogP contribution in [0.5, 0.6) is 5.75 Å². The summed E-state index contributed by atoms with van der Waals surface area (Å²) < 4.78 is 5.30. The average molecular weight is 306 g/mol. The van der Waals surface area contributed by atoms with E-state index in [1.54, 1.807) is 24.3 Å². The first-order valence-electron chi connectivity index (χ1n) is 6.86. The highest BCUT2D eigenvalue weighted by molar-refractivity contribution is 7.99. The molecule has 0 spiro atoms. The molecule has 1 aliphatic heterocycles. The molecule has 21 heavy (non-hydrogen) atoms. The van der Waals surface area contributed by atoms with E-state index in [-0.39, 0.29) is 11.8 Å². The van der Waals surface area contributed by atoms with Gasteiger partial charge in [-0.05, 0) is 31.3 Å². The molecular formula is C14H18N4O2S. The zero-order valence-corrected chi connectivity index (χ0v) is 12.6. The monoisotopic (exact) mass is 306 g/mol. The van der Waals surface area contributed by atoms with Crippen molar-refractivity contribution in [3.8, 4) is 5.75 Å². The molecule has 2 N–H and O–H groups in total. The maximum absolute atomic E-state index is 9.24. The van der Waals surface area contributed by atoms with E-state index in [1.165, 1.54) is 0 Å². The number of aromatic nitrogens is 2. The standard InChI is InChI=1S/C14H18N4O2S/c1-18-6-7-21-9-12(18)14-16-13(20-17-14)8-15-10-2-4-11(19)5-3-10/h2-5,12,15,19H,6-9H2,1H3. The number of rotatable bonds is 4. The summed E-state index contributed by atoms with van der Waals surface area (Å²) in [4.78, 5) is 6.73. The van der Waals surface area contributed by atoms with Crippen LogP contribution in [0.15, 0.2) is 28.8 Å². The second kappa shape index (κ2) is 6.36. The lowest BCUT2D eigenvalue weighted by Gasteiger charge is -2.29. The van der Waals surface area contributed by atoms with E-state index in [2.05, 4.69) is 27.4 Å². The minimum Gasteiger partial charge on any atom is -0.508 e. The van der Waals surface area contributed by atoms with Gasteiger partial charge in [-0.3, -0.25) is 4.90 Å². The van der Waals surface area contributed by atoms with Crippen molar-refractivity contribution in [1.29, 1.82) is 0 Å². The molecule has 1 aromatic heterocycles. The van der Waals surface area contributed by atoms with E-state index in [4.69, 9.17) is 4.52 Å². The van der Waals surface area contributed by atoms with Crippen molar-refractivity contribution in [2.45, 2.75) is 12.6 Å². The van der Waals surface area contributed by atoms with E-state index in [0.717, 1.165) is 29.6 Å². The number of nitrogens with one attached hydrogen (secondary N) is 1. The van der Waals surface area contributed by atoms with Crippen molar-refractivity contribution in [3.05, 3.63) is 36.0 Å². The predicted molar refractivity (Wildman–Crippen MR) is 82.4 cm³/mol. The molecule has 1 fully saturated rings. The Morgan fingerprint density at radius 1 is 1.43 bits per heavy atom. The molecule has 1 aliphatic rings. The average Bonchev–Trinajstić information content (AvgIpc) is 2.96. The highest BCUT2D eigenvalue weighted by atomic mass is 32.2. The van der Waals surface area contributed by atoms with Gasteiger partial charge in [-0.1, -0.05) is 5.16 Å². The highest BCUT2D eigenvalue weighted by Gasteiger charge is 2.25. The number of phenolic OH excluding ortho intramolecular Hbond substituents is 1. The molecule has 3 rings (SSSR count). The van der Waals surface area contributed by atoms with Crippen LogP contribution in [-0.4, -0.2) is 45.2 Å². The van der Waals surface area contributed by atoms with E-state index < -0.39 is 0 Å². The summed E-state index contributed by atoms with van der Waals surface area (Å²) in [5.41, 5.74) is 0.901. The van der Waals surface area contributed by atoms with Gasteiger partial charge in [-0.15, -0.1) is 0 Å². The molecule has 0 saturated carbocycles. The van der Waals surface area contributed by atoms with Gasteiger partial charge in [0.2, 0.25) is 5.89 Å². The molecule has 0 radical (unpaired) electrons. The van der Waals surface area contributed by atoms with Gasteiger partial charge >= 0.3 is 0 Å². The number of hydrogen-bond acceptors (Lipinski definition) is 7. The Kier molecular flexibility index (Phi) is 4.31. The van der Waals surface area contributed by atoms with Crippen molar-refractivity contribution in [3.63, 3.8) is 0 Å².